The number of carbonyl (C=O) groups is 5. The van der Waals surface area contributed by atoms with E-state index in [0.717, 1.165) is 24.9 Å². The molecule has 0 bridgehead atoms. The summed E-state index contributed by atoms with van der Waals surface area (Å²) >= 11 is 0. The van der Waals surface area contributed by atoms with Crippen LogP contribution in [0.3, 0.4) is 0 Å². The minimum Gasteiger partial charge on any atom is -0.462 e. The molecule has 0 saturated carbocycles. The number of likely N-dealkylation sites (N-methyl/N-ethyl adjacent to an activating group) is 2. The van der Waals surface area contributed by atoms with E-state index in [1.54, 1.807) is 38.0 Å². The number of hydrogen-bond donors (Lipinski definition) is 2. The highest BCUT2D eigenvalue weighted by Crippen LogP contribution is 2.30. The first-order chi connectivity index (χ1) is 30.1. The molecule has 2 unspecified atom stereocenters. The molecule has 2 heterocycles. The van der Waals surface area contributed by atoms with Gasteiger partial charge in [0.2, 0.25) is 23.6 Å². The minimum atomic E-state index is -0.977. The van der Waals surface area contributed by atoms with Crippen LogP contribution in [0.25, 0.3) is 0 Å². The second-order valence-corrected chi connectivity index (χ2v) is 17.6. The minimum absolute atomic E-state index is 0.00418. The van der Waals surface area contributed by atoms with Crippen molar-refractivity contribution < 1.29 is 52.4 Å². The Morgan fingerprint density at radius 3 is 2.08 bits per heavy atom. The Morgan fingerprint density at radius 1 is 0.857 bits per heavy atom. The highest BCUT2D eigenvalue weighted by Gasteiger charge is 2.44. The number of ether oxygens (including phenoxy) is 6. The molecule has 2 fully saturated rings. The first-order valence-electron chi connectivity index (χ1n) is 22.9. The second-order valence-electron chi connectivity index (χ2n) is 17.6. The number of likely N-dealkylation sites (tertiary alicyclic amines) is 2. The van der Waals surface area contributed by atoms with Gasteiger partial charge in [-0.05, 0) is 56.2 Å². The van der Waals surface area contributed by atoms with E-state index in [-0.39, 0.29) is 67.6 Å². The summed E-state index contributed by atoms with van der Waals surface area (Å²) in [5, 5.41) is 6.00. The Morgan fingerprint density at radius 2 is 1.51 bits per heavy atom. The van der Waals surface area contributed by atoms with Gasteiger partial charge in [-0.3, -0.25) is 24.1 Å². The average molecular weight is 890 g/mol. The molecule has 358 valence electrons. The Bertz CT molecular complexity index is 1540. The zero-order valence-corrected chi connectivity index (χ0v) is 40.0. The third kappa shape index (κ3) is 15.8. The van der Waals surface area contributed by atoms with Gasteiger partial charge in [-0.2, -0.15) is 0 Å². The quantitative estimate of drug-likeness (QED) is 0.0930. The molecule has 0 spiro atoms. The average Bonchev–Trinajstić information content (AvgIpc) is 3.89. The Balaban J connectivity index is 1.72. The number of carbonyl (C=O) groups excluding carboxylic acids is 5. The molecule has 1 aromatic carbocycles. The number of esters is 1. The molecule has 3 rings (SSSR count). The lowest BCUT2D eigenvalue weighted by molar-refractivity contribution is -0.151. The standard InChI is InChI=1S/C47H79N5O11/c1-12-32(4)41(51(8)46(56)40(31(2)3)49-45(55)42-33(5)20-22-50(42)7)38(59-10)30-39(53)52-21-16-19-37(52)43(60-11)34(6)44(54)48-36(29-35-17-14-13-15-18-35)47(57)63-28-27-62-26-25-61-24-23-58-9/h13-15,17-18,31-34,36-38,40-43H,12,16,19-30H2,1-11H3,(H,48,54)(H,49,55)/t32-,33?,34+,36-,37-,38+,40-,41-,42-,43?/m0/s1. The molecular formula is C47H79N5O11. The fraction of sp³-hybridized carbons (Fsp3) is 0.766. The van der Waals surface area contributed by atoms with Gasteiger partial charge in [-0.1, -0.05) is 78.3 Å². The largest absolute Gasteiger partial charge is 0.462 e. The number of rotatable bonds is 28. The predicted molar refractivity (Wildman–Crippen MR) is 240 cm³/mol. The van der Waals surface area contributed by atoms with Crippen molar-refractivity contribution in [2.75, 3.05) is 88.2 Å². The summed E-state index contributed by atoms with van der Waals surface area (Å²) in [4.78, 5) is 75.2. The van der Waals surface area contributed by atoms with Crippen LogP contribution in [0, 0.1) is 23.7 Å². The molecule has 16 heteroatoms. The van der Waals surface area contributed by atoms with Crippen LogP contribution in [0.2, 0.25) is 0 Å². The van der Waals surface area contributed by atoms with Gasteiger partial charge in [0.25, 0.3) is 0 Å². The maximum atomic E-state index is 14.4. The Hall–Kier alpha value is -3.67. The number of nitrogens with zero attached hydrogens (tertiary/aromatic N) is 3. The first-order valence-corrected chi connectivity index (χ1v) is 22.9. The van der Waals surface area contributed by atoms with Crippen molar-refractivity contribution in [3.8, 4) is 0 Å². The summed E-state index contributed by atoms with van der Waals surface area (Å²) < 4.78 is 33.5. The molecule has 2 aliphatic heterocycles. The summed E-state index contributed by atoms with van der Waals surface area (Å²) in [6.45, 7) is 14.9. The summed E-state index contributed by atoms with van der Waals surface area (Å²) in [7, 11) is 8.36. The lowest BCUT2D eigenvalue weighted by Crippen LogP contribution is -2.59. The predicted octanol–water partition coefficient (Wildman–Crippen LogP) is 3.34. The molecular weight excluding hydrogens is 811 g/mol. The zero-order valence-electron chi connectivity index (χ0n) is 40.0. The van der Waals surface area contributed by atoms with Gasteiger partial charge in [-0.25, -0.2) is 4.79 Å². The van der Waals surface area contributed by atoms with Crippen LogP contribution < -0.4 is 10.6 Å². The SMILES string of the molecule is CC[C@H](C)[C@@H]([C@@H](CC(=O)N1CCC[C@H]1C(OC)[C@@H](C)C(=O)N[C@@H](Cc1ccccc1)C(=O)OCCOCCOCCOC)OC)N(C)C(=O)[C@@H](NC(=O)[C@@H]1C(C)CCN1C)C(C)C. The topological polar surface area (TPSA) is 175 Å². The molecule has 2 aliphatic rings. The van der Waals surface area contributed by atoms with Gasteiger partial charge < -0.3 is 48.9 Å². The maximum absolute atomic E-state index is 14.4. The van der Waals surface area contributed by atoms with Crippen molar-refractivity contribution in [1.82, 2.24) is 25.3 Å². The van der Waals surface area contributed by atoms with Crippen molar-refractivity contribution in [3.63, 3.8) is 0 Å². The van der Waals surface area contributed by atoms with Gasteiger partial charge in [0, 0.05) is 41.3 Å². The van der Waals surface area contributed by atoms with E-state index in [4.69, 9.17) is 28.4 Å². The van der Waals surface area contributed by atoms with E-state index in [1.165, 1.54) is 7.11 Å². The third-order valence-corrected chi connectivity index (χ3v) is 12.9. The maximum Gasteiger partial charge on any atom is 0.329 e. The van der Waals surface area contributed by atoms with E-state index in [0.29, 0.717) is 45.8 Å². The fourth-order valence-electron chi connectivity index (χ4n) is 8.99. The van der Waals surface area contributed by atoms with Crippen LogP contribution in [0.5, 0.6) is 0 Å². The van der Waals surface area contributed by atoms with Crippen molar-refractivity contribution in [2.45, 2.75) is 122 Å². The molecule has 0 aromatic heterocycles. The van der Waals surface area contributed by atoms with Gasteiger partial charge in [0.15, 0.2) is 0 Å². The zero-order chi connectivity index (χ0) is 46.6. The normalized spacial score (nSPS) is 21.3. The van der Waals surface area contributed by atoms with Gasteiger partial charge >= 0.3 is 5.97 Å². The van der Waals surface area contributed by atoms with E-state index in [9.17, 15) is 24.0 Å². The molecule has 10 atom stereocenters. The highest BCUT2D eigenvalue weighted by molar-refractivity contribution is 5.90. The molecule has 16 nitrogen and oxygen atoms in total. The van der Waals surface area contributed by atoms with E-state index in [2.05, 4.69) is 17.6 Å². The summed E-state index contributed by atoms with van der Waals surface area (Å²) in [6, 6.07) is 6.44. The molecule has 0 aliphatic carbocycles. The molecule has 0 radical (unpaired) electrons. The van der Waals surface area contributed by atoms with E-state index in [1.807, 2.05) is 70.0 Å². The van der Waals surface area contributed by atoms with Crippen LogP contribution in [0.15, 0.2) is 30.3 Å². The van der Waals surface area contributed by atoms with Crippen molar-refractivity contribution in [3.05, 3.63) is 35.9 Å². The van der Waals surface area contributed by atoms with Crippen molar-refractivity contribution in [2.24, 2.45) is 23.7 Å². The van der Waals surface area contributed by atoms with E-state index < -0.39 is 54.2 Å². The smallest absolute Gasteiger partial charge is 0.329 e. The second kappa shape index (κ2) is 27.6. The molecule has 2 N–H and O–H groups in total. The van der Waals surface area contributed by atoms with Crippen LogP contribution in [0.4, 0.5) is 0 Å². The number of hydrogen-bond acceptors (Lipinski definition) is 12. The van der Waals surface area contributed by atoms with Crippen LogP contribution >= 0.6 is 0 Å². The van der Waals surface area contributed by atoms with Crippen LogP contribution in [0.1, 0.15) is 79.2 Å². The van der Waals surface area contributed by atoms with Crippen LogP contribution in [-0.4, -0.2) is 175 Å². The number of benzene rings is 1. The fourth-order valence-corrected chi connectivity index (χ4v) is 8.99. The lowest BCUT2D eigenvalue weighted by Gasteiger charge is -2.41. The monoisotopic (exact) mass is 890 g/mol. The number of methoxy groups -OCH3 is 3. The summed E-state index contributed by atoms with van der Waals surface area (Å²) in [5.74, 6) is -2.33. The van der Waals surface area contributed by atoms with Crippen molar-refractivity contribution in [1.29, 1.82) is 0 Å². The van der Waals surface area contributed by atoms with Crippen LogP contribution in [-0.2, 0) is 58.8 Å². The van der Waals surface area contributed by atoms with Crippen molar-refractivity contribution >= 4 is 29.6 Å². The molecule has 63 heavy (non-hydrogen) atoms. The highest BCUT2D eigenvalue weighted by atomic mass is 16.6. The molecule has 1 aromatic rings. The van der Waals surface area contributed by atoms with Gasteiger partial charge in [0.1, 0.15) is 18.7 Å². The summed E-state index contributed by atoms with van der Waals surface area (Å²) in [5.41, 5.74) is 0.847. The Labute approximate surface area is 376 Å². The summed E-state index contributed by atoms with van der Waals surface area (Å²) in [6.07, 6.45) is 1.84. The Kier molecular flexibility index (Phi) is 23.5. The number of amides is 4. The first kappa shape index (κ1) is 53.7. The molecule has 4 amide bonds. The van der Waals surface area contributed by atoms with E-state index >= 15 is 0 Å². The molecule has 2 saturated heterocycles. The van der Waals surface area contributed by atoms with Gasteiger partial charge in [0.05, 0.1) is 75.7 Å². The number of nitrogens with one attached hydrogen (secondary N) is 2. The van der Waals surface area contributed by atoms with Gasteiger partial charge in [-0.15, -0.1) is 0 Å². The lowest BCUT2D eigenvalue weighted by atomic mass is 9.89. The third-order valence-electron chi connectivity index (χ3n) is 12.9.